The van der Waals surface area contributed by atoms with E-state index in [-0.39, 0.29) is 30.0 Å². The van der Waals surface area contributed by atoms with Crippen LogP contribution < -0.4 is 21.3 Å². The van der Waals surface area contributed by atoms with Crippen molar-refractivity contribution in [1.29, 1.82) is 0 Å². The second kappa shape index (κ2) is 17.8. The molecule has 276 valence electrons. The van der Waals surface area contributed by atoms with E-state index < -0.39 is 64.9 Å². The molecule has 4 N–H and O–H groups in total. The van der Waals surface area contributed by atoms with Gasteiger partial charge >= 0.3 is 0 Å². The van der Waals surface area contributed by atoms with Crippen LogP contribution in [0.3, 0.4) is 0 Å². The number of carbonyl (C=O) groups excluding carboxylic acids is 6. The number of rotatable bonds is 16. The maximum absolute atomic E-state index is 14.7. The van der Waals surface area contributed by atoms with Crippen molar-refractivity contribution >= 4 is 35.3 Å². The predicted octanol–water partition coefficient (Wildman–Crippen LogP) is 3.23. The third-order valence-electron chi connectivity index (χ3n) is 10.3. The van der Waals surface area contributed by atoms with Gasteiger partial charge in [0, 0.05) is 25.0 Å². The maximum atomic E-state index is 14.7. The van der Waals surface area contributed by atoms with Crippen LogP contribution in [0.4, 0.5) is 0 Å². The molecule has 0 radical (unpaired) electrons. The number of nitrogens with one attached hydrogen (secondary N) is 4. The molecule has 0 aliphatic heterocycles. The number of aromatic nitrogens is 2. The number of carbonyl (C=O) groups is 6. The van der Waals surface area contributed by atoms with Gasteiger partial charge in [0.2, 0.25) is 23.5 Å². The molecule has 1 heterocycles. The molecule has 4 atom stereocenters. The van der Waals surface area contributed by atoms with Crippen molar-refractivity contribution in [3.05, 3.63) is 24.3 Å². The van der Waals surface area contributed by atoms with Crippen LogP contribution in [0.1, 0.15) is 129 Å². The number of amides is 5. The number of nitrogens with zero attached hydrogens (tertiary/aromatic N) is 3. The van der Waals surface area contributed by atoms with Gasteiger partial charge in [-0.2, -0.15) is 0 Å². The van der Waals surface area contributed by atoms with Crippen molar-refractivity contribution in [3.8, 4) is 0 Å². The van der Waals surface area contributed by atoms with Crippen LogP contribution in [0, 0.1) is 17.3 Å². The highest BCUT2D eigenvalue weighted by molar-refractivity contribution is 6.38. The molecule has 0 unspecified atom stereocenters. The fourth-order valence-electron chi connectivity index (χ4n) is 7.09. The maximum Gasteiger partial charge on any atom is 0.289 e. The normalized spacial score (nSPS) is 19.4. The minimum atomic E-state index is -1.02. The van der Waals surface area contributed by atoms with E-state index in [4.69, 9.17) is 0 Å². The molecule has 3 fully saturated rings. The summed E-state index contributed by atoms with van der Waals surface area (Å²) in [5.41, 5.74) is -0.665. The molecule has 4 rings (SSSR count). The Bertz CT molecular complexity index is 1350. The van der Waals surface area contributed by atoms with Gasteiger partial charge in [-0.25, -0.2) is 4.98 Å². The average Bonchev–Trinajstić information content (AvgIpc) is 3.76. The summed E-state index contributed by atoms with van der Waals surface area (Å²) in [5, 5.41) is 11.4. The van der Waals surface area contributed by atoms with Crippen LogP contribution in [0.5, 0.6) is 0 Å². The Balaban J connectivity index is 1.56. The lowest BCUT2D eigenvalue weighted by Gasteiger charge is -2.39. The number of Topliss-reactive ketones (excluding diaryl/α,β-unsaturated/α-hetero) is 1. The van der Waals surface area contributed by atoms with E-state index in [1.807, 2.05) is 27.7 Å². The van der Waals surface area contributed by atoms with E-state index in [9.17, 15) is 28.8 Å². The first-order valence-electron chi connectivity index (χ1n) is 18.6. The Kier molecular flexibility index (Phi) is 13.9. The van der Waals surface area contributed by atoms with Crippen LogP contribution in [0.2, 0.25) is 0 Å². The Hall–Kier alpha value is -3.90. The Morgan fingerprint density at radius 3 is 2.10 bits per heavy atom. The van der Waals surface area contributed by atoms with Gasteiger partial charge in [-0.05, 0) is 69.1 Å². The second-order valence-corrected chi connectivity index (χ2v) is 15.5. The van der Waals surface area contributed by atoms with Crippen molar-refractivity contribution in [2.75, 3.05) is 6.54 Å². The first kappa shape index (κ1) is 38.9. The van der Waals surface area contributed by atoms with Gasteiger partial charge in [0.25, 0.3) is 11.8 Å². The van der Waals surface area contributed by atoms with Gasteiger partial charge in [0.15, 0.2) is 0 Å². The summed E-state index contributed by atoms with van der Waals surface area (Å²) in [4.78, 5) is 91.2. The molecule has 0 aromatic carbocycles. The highest BCUT2D eigenvalue weighted by Gasteiger charge is 2.42. The monoisotopic (exact) mass is 695 g/mol. The summed E-state index contributed by atoms with van der Waals surface area (Å²) in [6.07, 6.45) is 15.1. The van der Waals surface area contributed by atoms with E-state index in [0.29, 0.717) is 13.0 Å². The first-order chi connectivity index (χ1) is 23.8. The molecule has 0 bridgehead atoms. The highest BCUT2D eigenvalue weighted by Crippen LogP contribution is 2.30. The molecule has 3 saturated carbocycles. The van der Waals surface area contributed by atoms with Gasteiger partial charge < -0.3 is 26.2 Å². The summed E-state index contributed by atoms with van der Waals surface area (Å²) in [5.74, 6) is -3.25. The molecular weight excluding hydrogens is 638 g/mol. The second-order valence-electron chi connectivity index (χ2n) is 15.5. The first-order valence-corrected chi connectivity index (χ1v) is 18.6. The fraction of sp³-hybridized carbons (Fsp3) is 0.730. The summed E-state index contributed by atoms with van der Waals surface area (Å²) < 4.78 is 0. The van der Waals surface area contributed by atoms with Crippen molar-refractivity contribution in [3.63, 3.8) is 0 Å². The van der Waals surface area contributed by atoms with Crippen LogP contribution in [0.15, 0.2) is 18.6 Å². The lowest BCUT2D eigenvalue weighted by molar-refractivity contribution is -0.147. The minimum absolute atomic E-state index is 0.00506. The Morgan fingerprint density at radius 2 is 1.52 bits per heavy atom. The van der Waals surface area contributed by atoms with Crippen molar-refractivity contribution in [2.45, 2.75) is 148 Å². The van der Waals surface area contributed by atoms with E-state index in [0.717, 1.165) is 70.6 Å². The van der Waals surface area contributed by atoms with E-state index in [2.05, 4.69) is 31.2 Å². The standard InChI is InChI=1S/C37H57N7O6/c1-6-12-27(30(45)35(49)40-26-17-18-26)41-32(46)23(2)44(22-24-13-10-11-14-24)36(50)31(37(3,4)5)43-34(48)29(25-15-8-7-9-16-25)42-33(47)28-21-38-19-20-39-28/h19-21,23-27,29,31H,6-18,22H2,1-5H3,(H,40,49)(H,41,46)(H,42,47)(H,43,48)/t23-,27-,29-,31+/m0/s1. The van der Waals surface area contributed by atoms with Crippen LogP contribution >= 0.6 is 0 Å². The van der Waals surface area contributed by atoms with Gasteiger partial charge in [-0.15, -0.1) is 0 Å². The zero-order valence-electron chi connectivity index (χ0n) is 30.5. The SMILES string of the molecule is CCC[C@H](NC(=O)[C@H](C)N(CC1CCCC1)C(=O)[C@@H](NC(=O)[C@@H](NC(=O)c1cnccn1)C1CCCCC1)C(C)(C)C)C(=O)C(=O)NC1CC1. The van der Waals surface area contributed by atoms with E-state index >= 15 is 0 Å². The van der Waals surface area contributed by atoms with E-state index in [1.54, 1.807) is 6.92 Å². The van der Waals surface area contributed by atoms with Gasteiger partial charge in [0.1, 0.15) is 23.8 Å². The topological polar surface area (TPSA) is 180 Å². The van der Waals surface area contributed by atoms with Gasteiger partial charge in [0.05, 0.1) is 12.2 Å². The zero-order chi connectivity index (χ0) is 36.4. The Morgan fingerprint density at radius 1 is 0.860 bits per heavy atom. The lowest BCUT2D eigenvalue weighted by atomic mass is 9.82. The smallest absolute Gasteiger partial charge is 0.289 e. The molecule has 3 aliphatic rings. The Labute approximate surface area is 296 Å². The average molecular weight is 696 g/mol. The molecule has 5 amide bonds. The van der Waals surface area contributed by atoms with Gasteiger partial charge in [-0.3, -0.25) is 33.8 Å². The molecule has 3 aliphatic carbocycles. The van der Waals surface area contributed by atoms with Crippen LogP contribution in [0.25, 0.3) is 0 Å². The van der Waals surface area contributed by atoms with Crippen LogP contribution in [-0.4, -0.2) is 86.9 Å². The summed E-state index contributed by atoms with van der Waals surface area (Å²) in [6, 6.07) is -3.90. The molecule has 13 nitrogen and oxygen atoms in total. The minimum Gasteiger partial charge on any atom is -0.347 e. The van der Waals surface area contributed by atoms with E-state index in [1.165, 1.54) is 23.5 Å². The molecule has 0 spiro atoms. The van der Waals surface area contributed by atoms with Crippen molar-refractivity contribution in [2.24, 2.45) is 17.3 Å². The molecule has 1 aromatic rings. The molecule has 1 aromatic heterocycles. The number of ketones is 1. The zero-order valence-corrected chi connectivity index (χ0v) is 30.5. The van der Waals surface area contributed by atoms with Gasteiger partial charge in [-0.1, -0.05) is 66.2 Å². The molecule has 0 saturated heterocycles. The third kappa shape index (κ3) is 10.8. The van der Waals surface area contributed by atoms with Crippen molar-refractivity contribution in [1.82, 2.24) is 36.1 Å². The van der Waals surface area contributed by atoms with Crippen molar-refractivity contribution < 1.29 is 28.8 Å². The third-order valence-corrected chi connectivity index (χ3v) is 10.3. The molecule has 50 heavy (non-hydrogen) atoms. The number of hydrogen-bond donors (Lipinski definition) is 4. The summed E-state index contributed by atoms with van der Waals surface area (Å²) in [6.45, 7) is 9.40. The highest BCUT2D eigenvalue weighted by atomic mass is 16.2. The largest absolute Gasteiger partial charge is 0.347 e. The molecule has 13 heteroatoms. The van der Waals surface area contributed by atoms with Crippen LogP contribution in [-0.2, 0) is 24.0 Å². The predicted molar refractivity (Wildman–Crippen MR) is 187 cm³/mol. The number of hydrogen-bond acceptors (Lipinski definition) is 8. The lowest BCUT2D eigenvalue weighted by Crippen LogP contribution is -2.63. The fourth-order valence-corrected chi connectivity index (χ4v) is 7.09. The summed E-state index contributed by atoms with van der Waals surface area (Å²) in [7, 11) is 0. The molecular formula is C37H57N7O6. The summed E-state index contributed by atoms with van der Waals surface area (Å²) >= 11 is 0. The quantitative estimate of drug-likeness (QED) is 0.190.